The molecule has 0 unspecified atom stereocenters. The summed E-state index contributed by atoms with van der Waals surface area (Å²) >= 11 is 0. The van der Waals surface area contributed by atoms with Crippen LogP contribution in [0.1, 0.15) is 191 Å². The number of carboxylic acids is 1. The summed E-state index contributed by atoms with van der Waals surface area (Å²) in [4.78, 5) is 86.6. The maximum Gasteiger partial charge on any atom is 0.339 e. The molecule has 6 aromatic heterocycles. The van der Waals surface area contributed by atoms with Crippen LogP contribution in [0.4, 0.5) is 11.4 Å². The Labute approximate surface area is 684 Å². The second-order valence-electron chi connectivity index (χ2n) is 27.1. The standard InChI is InChI=1S/C19H22ClN3O4S.C19H25N3O3.C19H23N3O2.C10H12O3.C9H15N3O.C7H15NO2.CH4.ClH/c1-4-6-12-11-23(3)17-16(12)21-18(22-19(17)24)14-10-13(28(20,25)26)7-8-15(14)27-9-5-2;1-4-8-13-12-22(3)17(18(20)23)16(13)21-19(24)14-9-6-7-10-15(14)25-11-5-2;1-4-8-13-12-22(3)17-16(13)20-18(21-19(17)23)14-9-6-7-10-15(14)24-11-5-2;1-2-7-13-9-6-4-3-5-8(9)10(11)12;1-3-4-6-5-12(2)8(7(6)10)9(11)13;9-5-7(10)6-1-3-8-4-2-6;;/h7-8,10-11H,4-6,9H2,1-3H3,(H,21,22,24);6-7,9-10,12H,4-5,8,11H2,1-3H3,(H2,20,23)(H,21,24);6-7,9-10,12H,4-5,8,11H2,1-3H3,(H,20,21,23);3-6H,2,7H2,1H3,(H,11,12);5H,3-4,10H2,1-2H3,(H2,11,13);6-10H,1-5H2;1H4;1H/t;;;;;7-;;/m.....0../s1. The molecular weight excluding hydrogens is 1530 g/mol. The molecule has 3 amide bonds. The van der Waals surface area contributed by atoms with Crippen molar-refractivity contribution >= 4 is 89.3 Å². The van der Waals surface area contributed by atoms with E-state index in [0.29, 0.717) is 106 Å². The third-order valence-electron chi connectivity index (χ3n) is 18.0. The van der Waals surface area contributed by atoms with Crippen molar-refractivity contribution in [1.29, 1.82) is 0 Å². The van der Waals surface area contributed by atoms with Gasteiger partial charge in [-0.3, -0.25) is 24.0 Å². The van der Waals surface area contributed by atoms with E-state index in [-0.39, 0.29) is 59.7 Å². The number of halogens is 2. The summed E-state index contributed by atoms with van der Waals surface area (Å²) in [5.74, 6) is 0.939. The van der Waals surface area contributed by atoms with Crippen molar-refractivity contribution in [3.8, 4) is 45.8 Å². The lowest BCUT2D eigenvalue weighted by Crippen LogP contribution is -2.35. The zero-order valence-electron chi connectivity index (χ0n) is 67.3. The van der Waals surface area contributed by atoms with E-state index in [1.54, 1.807) is 71.2 Å². The molecule has 1 aliphatic rings. The number of aliphatic hydroxyl groups is 2. The summed E-state index contributed by atoms with van der Waals surface area (Å²) in [7, 11) is 8.77. The van der Waals surface area contributed by atoms with Crippen molar-refractivity contribution in [1.82, 2.24) is 43.5 Å². The van der Waals surface area contributed by atoms with E-state index in [4.69, 9.17) is 62.0 Å². The third-order valence-corrected chi connectivity index (χ3v) is 19.3. The number of nitrogen functional groups attached to an aromatic ring is 1. The number of nitrogens with zero attached hydrogens (tertiary/aromatic N) is 6. The number of primary amides is 2. The first-order chi connectivity index (χ1) is 54.1. The summed E-state index contributed by atoms with van der Waals surface area (Å²) in [5.41, 5.74) is 26.0. The van der Waals surface area contributed by atoms with Gasteiger partial charge >= 0.3 is 5.97 Å². The monoisotopic (exact) mass is 1650 g/mol. The molecule has 13 N–H and O–H groups in total. The number of H-pyrrole nitrogens is 2. The highest BCUT2D eigenvalue weighted by Crippen LogP contribution is 2.34. The number of aliphatic hydroxyl groups excluding tert-OH is 2. The van der Waals surface area contributed by atoms with Gasteiger partial charge in [0.05, 0.1) is 83.1 Å². The van der Waals surface area contributed by atoms with Crippen LogP contribution in [-0.2, 0) is 62.9 Å². The number of hydrogen-bond donors (Lipinski definition) is 10. The van der Waals surface area contributed by atoms with Gasteiger partial charge in [-0.25, -0.2) is 23.2 Å². The van der Waals surface area contributed by atoms with Gasteiger partial charge in [-0.1, -0.05) is 125 Å². The quantitative estimate of drug-likeness (QED) is 0.0187. The number of aromatic carboxylic acids is 1. The number of aromatic nitrogens is 8. The molecule has 0 radical (unpaired) electrons. The molecule has 0 saturated carbocycles. The highest BCUT2D eigenvalue weighted by molar-refractivity contribution is 8.13. The molecule has 7 heterocycles. The second kappa shape index (κ2) is 48.1. The first-order valence-corrected chi connectivity index (χ1v) is 40.7. The summed E-state index contributed by atoms with van der Waals surface area (Å²) in [6.45, 7) is 20.3. The predicted molar refractivity (Wildman–Crippen MR) is 458 cm³/mol. The molecule has 0 spiro atoms. The lowest BCUT2D eigenvalue weighted by molar-refractivity contribution is 0.0352. The van der Waals surface area contributed by atoms with Gasteiger partial charge in [0.25, 0.3) is 37.9 Å². The number of carbonyl (C=O) groups excluding carboxylic acids is 3. The number of benzene rings is 4. The second-order valence-corrected chi connectivity index (χ2v) is 29.6. The van der Waals surface area contributed by atoms with Crippen molar-refractivity contribution in [2.75, 3.05) is 57.2 Å². The lowest BCUT2D eigenvalue weighted by Gasteiger charge is -2.25. The van der Waals surface area contributed by atoms with Gasteiger partial charge in [0, 0.05) is 63.7 Å². The Morgan fingerprint density at radius 2 is 0.965 bits per heavy atom. The fourth-order valence-electron chi connectivity index (χ4n) is 12.7. The minimum atomic E-state index is -3.94. The number of fused-ring (bicyclic) bond motifs is 2. The number of nitrogens with one attached hydrogen (secondary N) is 4. The summed E-state index contributed by atoms with van der Waals surface area (Å²) in [6.07, 6.45) is 19.6. The van der Waals surface area contributed by atoms with Crippen LogP contribution in [0.15, 0.2) is 130 Å². The zero-order valence-corrected chi connectivity index (χ0v) is 69.7. The minimum absolute atomic E-state index is 0. The number of para-hydroxylation sites is 3. The van der Waals surface area contributed by atoms with Crippen LogP contribution >= 0.6 is 23.1 Å². The number of aromatic amines is 2. The molecule has 115 heavy (non-hydrogen) atoms. The molecule has 628 valence electrons. The van der Waals surface area contributed by atoms with E-state index in [9.17, 15) is 42.3 Å². The highest BCUT2D eigenvalue weighted by Gasteiger charge is 2.25. The molecule has 0 bridgehead atoms. The van der Waals surface area contributed by atoms with Gasteiger partial charge in [-0.2, -0.15) is 0 Å². The van der Waals surface area contributed by atoms with Gasteiger partial charge in [0.15, 0.2) is 0 Å². The van der Waals surface area contributed by atoms with Crippen LogP contribution in [0.5, 0.6) is 23.0 Å². The number of nitrogens with two attached hydrogens (primary N) is 3. The number of ether oxygens (including phenoxy) is 4. The predicted octanol–water partition coefficient (Wildman–Crippen LogP) is 13.6. The van der Waals surface area contributed by atoms with E-state index in [2.05, 4.69) is 53.3 Å². The fourth-order valence-corrected chi connectivity index (χ4v) is 13.5. The average molecular weight is 1650 g/mol. The Morgan fingerprint density at radius 3 is 1.42 bits per heavy atom. The molecular formula is C84H117Cl2N13O15S. The molecule has 1 aliphatic heterocycles. The SMILES string of the molecule is C.CCCOc1ccc(S(=O)(=O)Cl)cc1-c1nc2c(CCC)cn(C)c2c(=O)[nH]1.CCCOc1ccccc1-c1nc2c(CCC)cn(C)c2c(=O)[nH]1.CCCOc1ccccc1C(=O)Nc1c(CCC)cn(C)c1C(N)=O.CCCOc1ccccc1C(=O)O.CCCc1cn(C)c(C(N)=O)c1N.Cl.OC[C@H](O)C1CCNCC1. The van der Waals surface area contributed by atoms with Crippen LogP contribution in [0.3, 0.4) is 0 Å². The van der Waals surface area contributed by atoms with Crippen LogP contribution < -0.4 is 57.9 Å². The smallest absolute Gasteiger partial charge is 0.339 e. The first-order valence-electron chi connectivity index (χ1n) is 38.4. The van der Waals surface area contributed by atoms with E-state index >= 15 is 0 Å². The van der Waals surface area contributed by atoms with Crippen LogP contribution in [0, 0.1) is 5.92 Å². The maximum atomic E-state index is 12.8. The molecule has 1 saturated heterocycles. The third kappa shape index (κ3) is 26.8. The zero-order chi connectivity index (χ0) is 83.1. The number of anilines is 2. The number of hydrogen-bond acceptors (Lipinski definition) is 18. The normalized spacial score (nSPS) is 11.9. The molecule has 1 atom stereocenters. The molecule has 10 aromatic rings. The summed E-state index contributed by atoms with van der Waals surface area (Å²) < 4.78 is 53.0. The van der Waals surface area contributed by atoms with Crippen LogP contribution in [-0.4, -0.2) is 138 Å². The number of piperidine rings is 1. The number of rotatable bonds is 30. The van der Waals surface area contributed by atoms with Gasteiger partial charge in [0.1, 0.15) is 62.6 Å². The lowest BCUT2D eigenvalue weighted by atomic mass is 9.93. The van der Waals surface area contributed by atoms with Gasteiger partial charge in [-0.05, 0) is 160 Å². The first kappa shape index (κ1) is 96.9. The molecule has 28 nitrogen and oxygen atoms in total. The van der Waals surface area contributed by atoms with Crippen molar-refractivity contribution in [2.45, 2.75) is 164 Å². The number of carbonyl (C=O) groups is 4. The minimum Gasteiger partial charge on any atom is -0.493 e. The Hall–Kier alpha value is -10.4. The maximum absolute atomic E-state index is 12.8. The van der Waals surface area contributed by atoms with E-state index < -0.39 is 32.9 Å². The highest BCUT2D eigenvalue weighted by atomic mass is 35.7. The number of aryl methyl sites for hydroxylation is 8. The molecule has 1 fully saturated rings. The van der Waals surface area contributed by atoms with Crippen molar-refractivity contribution < 1.29 is 61.9 Å². The summed E-state index contributed by atoms with van der Waals surface area (Å²) in [5, 5.41) is 32.7. The van der Waals surface area contributed by atoms with Crippen LogP contribution in [0.2, 0.25) is 0 Å². The van der Waals surface area contributed by atoms with Gasteiger partial charge in [0.2, 0.25) is 0 Å². The Kier molecular flexibility index (Phi) is 40.5. The van der Waals surface area contributed by atoms with E-state index in [1.165, 1.54) is 24.3 Å². The molecule has 11 rings (SSSR count). The average Bonchev–Trinajstić information content (AvgIpc) is 1.73. The topological polar surface area (TPSA) is 413 Å². The van der Waals surface area contributed by atoms with Crippen molar-refractivity contribution in [3.63, 3.8) is 0 Å². The number of carboxylic acid groups (broad SMARTS) is 1. The van der Waals surface area contributed by atoms with Gasteiger partial charge < -0.3 is 90.3 Å². The van der Waals surface area contributed by atoms with Gasteiger partial charge in [-0.15, -0.1) is 12.4 Å². The van der Waals surface area contributed by atoms with E-state index in [0.717, 1.165) is 142 Å². The van der Waals surface area contributed by atoms with Crippen molar-refractivity contribution in [2.24, 2.45) is 45.6 Å². The Bertz CT molecular complexity index is 5040. The number of amides is 3. The van der Waals surface area contributed by atoms with Crippen LogP contribution in [0.25, 0.3) is 44.8 Å². The Morgan fingerprint density at radius 1 is 0.565 bits per heavy atom. The largest absolute Gasteiger partial charge is 0.493 e. The molecule has 0 aliphatic carbocycles. The Balaban J connectivity index is 0.000000300. The summed E-state index contributed by atoms with van der Waals surface area (Å²) in [6, 6.07) is 25.7. The van der Waals surface area contributed by atoms with E-state index in [1.807, 2.05) is 94.4 Å². The molecule has 31 heteroatoms. The van der Waals surface area contributed by atoms with Crippen molar-refractivity contribution in [3.05, 3.63) is 181 Å². The fraction of sp³-hybridized carbons (Fsp3) is 0.429. The molecule has 4 aromatic carbocycles.